The fourth-order valence-electron chi connectivity index (χ4n) is 3.82. The van der Waals surface area contributed by atoms with E-state index in [1.165, 1.54) is 30.5 Å². The Bertz CT molecular complexity index is 1130. The molecule has 3 N–H and O–H groups in total. The molecule has 3 heterocycles. The van der Waals surface area contributed by atoms with E-state index in [2.05, 4.69) is 15.3 Å². The van der Waals surface area contributed by atoms with Gasteiger partial charge in [-0.05, 0) is 30.3 Å². The van der Waals surface area contributed by atoms with Crippen LogP contribution in [0.1, 0.15) is 21.6 Å². The lowest BCUT2D eigenvalue weighted by atomic mass is 9.77. The second-order valence-corrected chi connectivity index (χ2v) is 7.26. The van der Waals surface area contributed by atoms with Gasteiger partial charge in [-0.25, -0.2) is 14.4 Å². The zero-order valence-electron chi connectivity index (χ0n) is 16.2. The van der Waals surface area contributed by atoms with Crippen LogP contribution in [0.4, 0.5) is 23.2 Å². The third-order valence-electron chi connectivity index (χ3n) is 5.32. The maximum Gasteiger partial charge on any atom is 0.415 e. The molecule has 1 aromatic heterocycles. The number of aliphatic imine (C=N–C) groups is 1. The number of rotatable bonds is 3. The molecule has 1 aromatic carbocycles. The topological polar surface area (TPSA) is 123 Å². The maximum atomic E-state index is 14.8. The average molecular weight is 449 g/mol. The van der Waals surface area contributed by atoms with E-state index in [1.807, 2.05) is 6.07 Å². The SMILES string of the molecule is N#Cc1ccc(C(=O)Nc2ccc(F)c([C@]34CO[C@H](C(F)(F)F)[C@H]3COC(N)=N4)c2)nc1. The molecule has 0 radical (unpaired) electrons. The molecule has 3 atom stereocenters. The predicted octanol–water partition coefficient (Wildman–Crippen LogP) is 2.46. The van der Waals surface area contributed by atoms with E-state index in [0.717, 1.165) is 6.07 Å². The van der Waals surface area contributed by atoms with Gasteiger partial charge in [0, 0.05) is 17.4 Å². The number of alkyl halides is 3. The van der Waals surface area contributed by atoms with Crippen LogP contribution in [0.15, 0.2) is 41.5 Å². The molecule has 2 aliphatic rings. The number of nitrogens with one attached hydrogen (secondary N) is 1. The van der Waals surface area contributed by atoms with Crippen molar-refractivity contribution in [2.75, 3.05) is 18.5 Å². The lowest BCUT2D eigenvalue weighted by molar-refractivity contribution is -0.219. The fraction of sp³-hybridized carbons (Fsp3) is 0.300. The van der Waals surface area contributed by atoms with E-state index in [1.54, 1.807) is 0 Å². The number of carbonyl (C=O) groups is 1. The van der Waals surface area contributed by atoms with Gasteiger partial charge in [0.15, 0.2) is 6.10 Å². The number of nitrogens with two attached hydrogens (primary N) is 1. The van der Waals surface area contributed by atoms with Crippen LogP contribution in [0.5, 0.6) is 0 Å². The van der Waals surface area contributed by atoms with Crippen molar-refractivity contribution in [2.45, 2.75) is 17.8 Å². The van der Waals surface area contributed by atoms with Crippen LogP contribution in [-0.4, -0.2) is 42.4 Å². The van der Waals surface area contributed by atoms with Crippen LogP contribution in [0.3, 0.4) is 0 Å². The van der Waals surface area contributed by atoms with Gasteiger partial charge in [0.2, 0.25) is 0 Å². The molecule has 2 aromatic rings. The molecule has 4 rings (SSSR count). The first kappa shape index (κ1) is 21.5. The van der Waals surface area contributed by atoms with Crippen molar-refractivity contribution in [1.29, 1.82) is 5.26 Å². The largest absolute Gasteiger partial charge is 0.465 e. The number of hydrogen-bond acceptors (Lipinski definition) is 7. The van der Waals surface area contributed by atoms with Crippen LogP contribution in [0.25, 0.3) is 0 Å². The third kappa shape index (κ3) is 3.71. The van der Waals surface area contributed by atoms with Crippen LogP contribution in [-0.2, 0) is 15.0 Å². The Hall–Kier alpha value is -3.72. The lowest BCUT2D eigenvalue weighted by Crippen LogP contribution is -2.48. The molecular formula is C20H15F4N5O3. The Kier molecular flexibility index (Phi) is 5.21. The highest BCUT2D eigenvalue weighted by Crippen LogP contribution is 2.50. The van der Waals surface area contributed by atoms with E-state index < -0.39 is 48.7 Å². The zero-order valence-corrected chi connectivity index (χ0v) is 16.2. The summed E-state index contributed by atoms with van der Waals surface area (Å²) in [5, 5.41) is 11.3. The van der Waals surface area contributed by atoms with Crippen molar-refractivity contribution in [3.05, 3.63) is 59.2 Å². The normalized spacial score (nSPS) is 24.7. The Balaban J connectivity index is 1.69. The number of hydrogen-bond donors (Lipinski definition) is 2. The number of halogens is 4. The van der Waals surface area contributed by atoms with Gasteiger partial charge in [-0.2, -0.15) is 18.4 Å². The summed E-state index contributed by atoms with van der Waals surface area (Å²) in [5.41, 5.74) is 3.95. The number of ether oxygens (including phenoxy) is 2. The van der Waals surface area contributed by atoms with E-state index in [-0.39, 0.29) is 28.5 Å². The Morgan fingerprint density at radius 1 is 1.31 bits per heavy atom. The van der Waals surface area contributed by atoms with Gasteiger partial charge in [0.1, 0.15) is 23.1 Å². The smallest absolute Gasteiger partial charge is 0.415 e. The first-order valence-electron chi connectivity index (χ1n) is 9.28. The van der Waals surface area contributed by atoms with E-state index in [0.29, 0.717) is 0 Å². The number of nitriles is 1. The number of nitrogens with zero attached hydrogens (tertiary/aromatic N) is 3. The van der Waals surface area contributed by atoms with Crippen molar-refractivity contribution in [2.24, 2.45) is 16.6 Å². The van der Waals surface area contributed by atoms with Crippen molar-refractivity contribution in [3.63, 3.8) is 0 Å². The van der Waals surface area contributed by atoms with Crippen molar-refractivity contribution in [1.82, 2.24) is 4.98 Å². The monoisotopic (exact) mass is 449 g/mol. The highest BCUT2D eigenvalue weighted by molar-refractivity contribution is 6.02. The molecule has 0 unspecified atom stereocenters. The second-order valence-electron chi connectivity index (χ2n) is 7.26. The van der Waals surface area contributed by atoms with Crippen molar-refractivity contribution in [3.8, 4) is 6.07 Å². The molecule has 1 fully saturated rings. The van der Waals surface area contributed by atoms with Gasteiger partial charge in [0.25, 0.3) is 11.9 Å². The number of benzene rings is 1. The van der Waals surface area contributed by atoms with Gasteiger partial charge < -0.3 is 20.5 Å². The second kappa shape index (κ2) is 7.76. The van der Waals surface area contributed by atoms with Crippen molar-refractivity contribution >= 4 is 17.6 Å². The van der Waals surface area contributed by atoms with E-state index in [4.69, 9.17) is 20.5 Å². The number of amides is 1. The van der Waals surface area contributed by atoms with Crippen LogP contribution >= 0.6 is 0 Å². The number of carbonyl (C=O) groups excluding carboxylic acids is 1. The highest BCUT2D eigenvalue weighted by atomic mass is 19.4. The average Bonchev–Trinajstić information content (AvgIpc) is 3.15. The minimum absolute atomic E-state index is 0.0134. The Morgan fingerprint density at radius 3 is 2.75 bits per heavy atom. The predicted molar refractivity (Wildman–Crippen MR) is 102 cm³/mol. The first-order valence-corrected chi connectivity index (χ1v) is 9.28. The Labute approximate surface area is 178 Å². The summed E-state index contributed by atoms with van der Waals surface area (Å²) in [6.45, 7) is -1.04. The van der Waals surface area contributed by atoms with Gasteiger partial charge in [-0.1, -0.05) is 0 Å². The van der Waals surface area contributed by atoms with E-state index in [9.17, 15) is 22.4 Å². The first-order chi connectivity index (χ1) is 15.1. The molecule has 1 saturated heterocycles. The minimum Gasteiger partial charge on any atom is -0.465 e. The molecule has 2 aliphatic heterocycles. The molecule has 8 nitrogen and oxygen atoms in total. The summed E-state index contributed by atoms with van der Waals surface area (Å²) in [5.74, 6) is -2.88. The minimum atomic E-state index is -4.72. The summed E-state index contributed by atoms with van der Waals surface area (Å²) in [6, 6.07) is 7.65. The van der Waals surface area contributed by atoms with Crippen LogP contribution < -0.4 is 11.1 Å². The summed E-state index contributed by atoms with van der Waals surface area (Å²) in [4.78, 5) is 20.3. The standard InChI is InChI=1S/C20H15F4N5O3/c21-14-3-2-11(28-17(30)15-4-1-10(6-25)7-27-15)5-12(14)19-9-32-16(20(22,23)24)13(19)8-31-18(26)29-19/h1-5,7,13,16H,8-9H2,(H2,26,29)(H,28,30)/t13-,16+,19-/m1/s1. The fourth-order valence-corrected chi connectivity index (χ4v) is 3.82. The van der Waals surface area contributed by atoms with Gasteiger partial charge in [-0.3, -0.25) is 4.79 Å². The molecule has 1 amide bonds. The maximum absolute atomic E-state index is 14.8. The number of anilines is 1. The lowest BCUT2D eigenvalue weighted by Gasteiger charge is -2.36. The van der Waals surface area contributed by atoms with Crippen LogP contribution in [0.2, 0.25) is 0 Å². The van der Waals surface area contributed by atoms with Gasteiger partial charge in [-0.15, -0.1) is 0 Å². The number of pyridine rings is 1. The quantitative estimate of drug-likeness (QED) is 0.694. The summed E-state index contributed by atoms with van der Waals surface area (Å²) in [7, 11) is 0. The van der Waals surface area contributed by atoms with Crippen LogP contribution in [0, 0.1) is 23.1 Å². The molecule has 12 heteroatoms. The summed E-state index contributed by atoms with van der Waals surface area (Å²) in [6.07, 6.45) is -5.73. The zero-order chi connectivity index (χ0) is 23.1. The molecule has 166 valence electrons. The third-order valence-corrected chi connectivity index (χ3v) is 5.32. The molecule has 0 bridgehead atoms. The Morgan fingerprint density at radius 2 is 2.09 bits per heavy atom. The van der Waals surface area contributed by atoms with Crippen molar-refractivity contribution < 1.29 is 31.8 Å². The molecule has 0 aliphatic carbocycles. The number of amidine groups is 1. The van der Waals surface area contributed by atoms with Gasteiger partial charge >= 0.3 is 6.18 Å². The summed E-state index contributed by atoms with van der Waals surface area (Å²) < 4.78 is 65.2. The summed E-state index contributed by atoms with van der Waals surface area (Å²) >= 11 is 0. The number of fused-ring (bicyclic) bond motifs is 1. The van der Waals surface area contributed by atoms with Gasteiger partial charge in [0.05, 0.1) is 24.7 Å². The molecule has 0 saturated carbocycles. The van der Waals surface area contributed by atoms with E-state index >= 15 is 0 Å². The molecule has 32 heavy (non-hydrogen) atoms. The molecule has 0 spiro atoms. The molecular weight excluding hydrogens is 434 g/mol. The number of aromatic nitrogens is 1. The highest BCUT2D eigenvalue weighted by Gasteiger charge is 2.62.